The van der Waals surface area contributed by atoms with Gasteiger partial charge in [0, 0.05) is 5.69 Å². The van der Waals surface area contributed by atoms with Crippen LogP contribution < -0.4 is 5.32 Å². The Morgan fingerprint density at radius 1 is 1.16 bits per heavy atom. The number of aliphatic hydroxyl groups is 1. The molecule has 6 nitrogen and oxygen atoms in total. The fraction of sp³-hybridized carbons (Fsp3) is 0.211. The van der Waals surface area contributed by atoms with Crippen LogP contribution >= 0.6 is 0 Å². The summed E-state index contributed by atoms with van der Waals surface area (Å²) in [6, 6.07) is 16.3. The fourth-order valence-electron chi connectivity index (χ4n) is 2.63. The van der Waals surface area contributed by atoms with Gasteiger partial charge in [0.2, 0.25) is 0 Å². The van der Waals surface area contributed by atoms with E-state index in [1.807, 2.05) is 42.8 Å². The van der Waals surface area contributed by atoms with Crippen LogP contribution in [0.2, 0.25) is 0 Å². The van der Waals surface area contributed by atoms with E-state index in [1.54, 1.807) is 30.3 Å². The Morgan fingerprint density at radius 2 is 1.92 bits per heavy atom. The van der Waals surface area contributed by atoms with Crippen LogP contribution in [-0.2, 0) is 11.3 Å². The molecule has 1 aromatic heterocycles. The Morgan fingerprint density at radius 3 is 2.60 bits per heavy atom. The summed E-state index contributed by atoms with van der Waals surface area (Å²) in [4.78, 5) is 16.5. The fourth-order valence-corrected chi connectivity index (χ4v) is 2.63. The summed E-state index contributed by atoms with van der Waals surface area (Å²) < 4.78 is 1.81. The highest BCUT2D eigenvalue weighted by molar-refractivity contribution is 5.94. The third-order valence-corrected chi connectivity index (χ3v) is 3.85. The summed E-state index contributed by atoms with van der Waals surface area (Å²) >= 11 is 0. The molecule has 1 amide bonds. The second-order valence-electron chi connectivity index (χ2n) is 5.87. The van der Waals surface area contributed by atoms with Gasteiger partial charge in [0.05, 0.1) is 6.54 Å². The molecule has 0 saturated carbocycles. The van der Waals surface area contributed by atoms with Crippen molar-refractivity contribution in [1.82, 2.24) is 14.8 Å². The van der Waals surface area contributed by atoms with E-state index in [0.717, 1.165) is 17.2 Å². The molecule has 0 saturated heterocycles. The number of nitrogens with zero attached hydrogens (tertiary/aromatic N) is 3. The van der Waals surface area contributed by atoms with Crippen molar-refractivity contribution in [2.75, 3.05) is 5.32 Å². The van der Waals surface area contributed by atoms with Crippen molar-refractivity contribution in [3.05, 3.63) is 77.4 Å². The number of hydrogen-bond donors (Lipinski definition) is 2. The lowest BCUT2D eigenvalue weighted by Crippen LogP contribution is -2.20. The van der Waals surface area contributed by atoms with Gasteiger partial charge >= 0.3 is 0 Å². The molecule has 1 heterocycles. The SMILES string of the molecule is Cc1nc(C)n(Cc2cccc(NC(=O)C(O)c3ccccc3)c2)n1. The van der Waals surface area contributed by atoms with Crippen molar-refractivity contribution >= 4 is 11.6 Å². The van der Waals surface area contributed by atoms with Crippen LogP contribution in [0.1, 0.15) is 28.9 Å². The first kappa shape index (κ1) is 16.9. The Balaban J connectivity index is 1.71. The topological polar surface area (TPSA) is 80.0 Å². The zero-order chi connectivity index (χ0) is 17.8. The molecular formula is C19H20N4O2. The third kappa shape index (κ3) is 4.10. The van der Waals surface area contributed by atoms with Gasteiger partial charge < -0.3 is 10.4 Å². The molecule has 2 N–H and O–H groups in total. The van der Waals surface area contributed by atoms with Gasteiger partial charge in [0.15, 0.2) is 6.10 Å². The Bertz CT molecular complexity index is 874. The average molecular weight is 336 g/mol. The van der Waals surface area contributed by atoms with Crippen molar-refractivity contribution in [3.8, 4) is 0 Å². The molecule has 0 spiro atoms. The number of carbonyl (C=O) groups is 1. The molecule has 0 bridgehead atoms. The number of hydrogen-bond acceptors (Lipinski definition) is 4. The van der Waals surface area contributed by atoms with Gasteiger partial charge in [-0.3, -0.25) is 4.79 Å². The molecule has 25 heavy (non-hydrogen) atoms. The minimum Gasteiger partial charge on any atom is -0.378 e. The monoisotopic (exact) mass is 336 g/mol. The van der Waals surface area contributed by atoms with Crippen LogP contribution in [0.5, 0.6) is 0 Å². The second-order valence-corrected chi connectivity index (χ2v) is 5.87. The molecule has 0 aliphatic rings. The quantitative estimate of drug-likeness (QED) is 0.750. The minimum atomic E-state index is -1.20. The zero-order valence-electron chi connectivity index (χ0n) is 14.2. The number of anilines is 1. The van der Waals surface area contributed by atoms with E-state index in [9.17, 15) is 9.90 Å². The highest BCUT2D eigenvalue weighted by atomic mass is 16.3. The maximum atomic E-state index is 12.3. The predicted molar refractivity (Wildman–Crippen MR) is 95.1 cm³/mol. The largest absolute Gasteiger partial charge is 0.378 e. The van der Waals surface area contributed by atoms with E-state index in [4.69, 9.17) is 0 Å². The average Bonchev–Trinajstić information content (AvgIpc) is 2.92. The van der Waals surface area contributed by atoms with E-state index >= 15 is 0 Å². The molecule has 0 aliphatic heterocycles. The number of aromatic nitrogens is 3. The van der Waals surface area contributed by atoms with Crippen LogP contribution in [0.4, 0.5) is 5.69 Å². The lowest BCUT2D eigenvalue weighted by Gasteiger charge is -2.12. The summed E-state index contributed by atoms with van der Waals surface area (Å²) in [7, 11) is 0. The zero-order valence-corrected chi connectivity index (χ0v) is 14.2. The van der Waals surface area contributed by atoms with Crippen LogP contribution in [-0.4, -0.2) is 25.8 Å². The first-order chi connectivity index (χ1) is 12.0. The lowest BCUT2D eigenvalue weighted by molar-refractivity contribution is -0.124. The molecule has 0 fully saturated rings. The van der Waals surface area contributed by atoms with E-state index in [0.29, 0.717) is 17.8 Å². The maximum Gasteiger partial charge on any atom is 0.257 e. The summed E-state index contributed by atoms with van der Waals surface area (Å²) in [5.41, 5.74) is 2.18. The first-order valence-corrected chi connectivity index (χ1v) is 8.04. The van der Waals surface area contributed by atoms with Crippen LogP contribution in [0.25, 0.3) is 0 Å². The van der Waals surface area contributed by atoms with Gasteiger partial charge in [-0.2, -0.15) is 5.10 Å². The first-order valence-electron chi connectivity index (χ1n) is 8.04. The van der Waals surface area contributed by atoms with Crippen molar-refractivity contribution in [2.24, 2.45) is 0 Å². The highest BCUT2D eigenvalue weighted by Gasteiger charge is 2.17. The van der Waals surface area contributed by atoms with Gasteiger partial charge in [0.1, 0.15) is 11.6 Å². The van der Waals surface area contributed by atoms with Gasteiger partial charge in [-0.1, -0.05) is 42.5 Å². The van der Waals surface area contributed by atoms with Crippen LogP contribution in [0, 0.1) is 13.8 Å². The molecule has 1 unspecified atom stereocenters. The Hall–Kier alpha value is -2.99. The summed E-state index contributed by atoms with van der Waals surface area (Å²) in [6.45, 7) is 4.32. The van der Waals surface area contributed by atoms with Gasteiger partial charge in [-0.15, -0.1) is 0 Å². The summed E-state index contributed by atoms with van der Waals surface area (Å²) in [6.07, 6.45) is -1.20. The minimum absolute atomic E-state index is 0.462. The van der Waals surface area contributed by atoms with Gasteiger partial charge in [0.25, 0.3) is 5.91 Å². The van der Waals surface area contributed by atoms with Crippen LogP contribution in [0.15, 0.2) is 54.6 Å². The van der Waals surface area contributed by atoms with Crippen molar-refractivity contribution < 1.29 is 9.90 Å². The predicted octanol–water partition coefficient (Wildman–Crippen LogP) is 2.62. The van der Waals surface area contributed by atoms with Crippen molar-refractivity contribution in [1.29, 1.82) is 0 Å². The van der Waals surface area contributed by atoms with E-state index in [1.165, 1.54) is 0 Å². The normalized spacial score (nSPS) is 12.0. The molecule has 0 radical (unpaired) electrons. The van der Waals surface area contributed by atoms with Gasteiger partial charge in [-0.05, 0) is 37.1 Å². The van der Waals surface area contributed by atoms with Crippen LogP contribution in [0.3, 0.4) is 0 Å². The molecule has 0 aliphatic carbocycles. The number of aliphatic hydroxyl groups excluding tert-OH is 1. The Kier molecular flexibility index (Phi) is 4.90. The van der Waals surface area contributed by atoms with Crippen molar-refractivity contribution in [2.45, 2.75) is 26.5 Å². The molecule has 2 aromatic carbocycles. The number of carbonyl (C=O) groups excluding carboxylic acids is 1. The number of rotatable bonds is 5. The van der Waals surface area contributed by atoms with Gasteiger partial charge in [-0.25, -0.2) is 9.67 Å². The van der Waals surface area contributed by atoms with E-state index < -0.39 is 12.0 Å². The molecular weight excluding hydrogens is 316 g/mol. The lowest BCUT2D eigenvalue weighted by atomic mass is 10.1. The third-order valence-electron chi connectivity index (χ3n) is 3.85. The number of benzene rings is 2. The number of nitrogens with one attached hydrogen (secondary N) is 1. The summed E-state index contributed by atoms with van der Waals surface area (Å²) in [5, 5.41) is 17.3. The van der Waals surface area contributed by atoms with E-state index in [-0.39, 0.29) is 0 Å². The van der Waals surface area contributed by atoms with E-state index in [2.05, 4.69) is 15.4 Å². The smallest absolute Gasteiger partial charge is 0.257 e. The molecule has 1 atom stereocenters. The second kappa shape index (κ2) is 7.27. The standard InChI is InChI=1S/C19H20N4O2/c1-13-20-14(2)23(22-13)12-15-7-6-10-17(11-15)21-19(25)18(24)16-8-4-3-5-9-16/h3-11,18,24H,12H2,1-2H3,(H,21,25). The molecule has 3 aromatic rings. The highest BCUT2D eigenvalue weighted by Crippen LogP contribution is 2.17. The number of amides is 1. The maximum absolute atomic E-state index is 12.3. The molecule has 3 rings (SSSR count). The Labute approximate surface area is 146 Å². The van der Waals surface area contributed by atoms with Crippen molar-refractivity contribution in [3.63, 3.8) is 0 Å². The summed E-state index contributed by atoms with van der Waals surface area (Å²) in [5.74, 6) is 1.11. The number of aryl methyl sites for hydroxylation is 2. The molecule has 128 valence electrons. The molecule has 6 heteroatoms.